The standard InChI is InChI=1S/C16H9ClN2O4/c17-13-6-5-9(19(22)23)7-14(13)18-8-12-15(20)10-3-1-2-4-11(10)16(12)21/h1-8,20H. The summed E-state index contributed by atoms with van der Waals surface area (Å²) in [6.07, 6.45) is 1.17. The quantitative estimate of drug-likeness (QED) is 0.521. The first-order chi connectivity index (χ1) is 11.0. The molecule has 0 amide bonds. The molecule has 2 aromatic rings. The first-order valence-electron chi connectivity index (χ1n) is 6.54. The molecule has 7 heteroatoms. The van der Waals surface area contributed by atoms with Crippen molar-refractivity contribution in [2.75, 3.05) is 0 Å². The van der Waals surface area contributed by atoms with Gasteiger partial charge in [0.05, 0.1) is 21.2 Å². The van der Waals surface area contributed by atoms with Gasteiger partial charge in [0.2, 0.25) is 0 Å². The van der Waals surface area contributed by atoms with Gasteiger partial charge in [0.15, 0.2) is 5.78 Å². The number of nitro benzene ring substituents is 1. The highest BCUT2D eigenvalue weighted by Crippen LogP contribution is 2.32. The van der Waals surface area contributed by atoms with Crippen molar-refractivity contribution >= 4 is 40.7 Å². The summed E-state index contributed by atoms with van der Waals surface area (Å²) in [4.78, 5) is 26.5. The lowest BCUT2D eigenvalue weighted by atomic mass is 10.1. The van der Waals surface area contributed by atoms with Crippen molar-refractivity contribution in [3.8, 4) is 0 Å². The molecule has 0 heterocycles. The predicted octanol–water partition coefficient (Wildman–Crippen LogP) is 4.12. The Morgan fingerprint density at radius 1 is 1.17 bits per heavy atom. The van der Waals surface area contributed by atoms with E-state index in [1.54, 1.807) is 24.3 Å². The fraction of sp³-hybridized carbons (Fsp3) is 0. The molecule has 23 heavy (non-hydrogen) atoms. The molecule has 0 bridgehead atoms. The van der Waals surface area contributed by atoms with Crippen LogP contribution >= 0.6 is 11.6 Å². The number of fused-ring (bicyclic) bond motifs is 1. The fourth-order valence-corrected chi connectivity index (χ4v) is 2.42. The van der Waals surface area contributed by atoms with Gasteiger partial charge in [0.1, 0.15) is 5.76 Å². The number of aliphatic imine (C=N–C) groups is 1. The van der Waals surface area contributed by atoms with Crippen LogP contribution < -0.4 is 0 Å². The fourth-order valence-electron chi connectivity index (χ4n) is 2.25. The summed E-state index contributed by atoms with van der Waals surface area (Å²) >= 11 is 5.95. The first kappa shape index (κ1) is 14.9. The van der Waals surface area contributed by atoms with Gasteiger partial charge >= 0.3 is 0 Å². The molecule has 0 saturated carbocycles. The third kappa shape index (κ3) is 2.60. The number of carbonyl (C=O) groups excluding carboxylic acids is 1. The Bertz CT molecular complexity index is 903. The Balaban J connectivity index is 1.99. The lowest BCUT2D eigenvalue weighted by molar-refractivity contribution is -0.384. The summed E-state index contributed by atoms with van der Waals surface area (Å²) in [5.74, 6) is -0.528. The minimum atomic E-state index is -0.567. The van der Waals surface area contributed by atoms with E-state index in [1.807, 2.05) is 0 Å². The van der Waals surface area contributed by atoms with Crippen LogP contribution in [0, 0.1) is 10.1 Å². The highest BCUT2D eigenvalue weighted by Gasteiger charge is 2.28. The number of ketones is 1. The number of nitrogens with zero attached hydrogens (tertiary/aromatic N) is 2. The van der Waals surface area contributed by atoms with E-state index in [9.17, 15) is 20.0 Å². The van der Waals surface area contributed by atoms with Gasteiger partial charge < -0.3 is 5.11 Å². The van der Waals surface area contributed by atoms with Crippen LogP contribution in [0.4, 0.5) is 11.4 Å². The molecule has 0 unspecified atom stereocenters. The maximum atomic E-state index is 12.2. The van der Waals surface area contributed by atoms with Gasteiger partial charge in [-0.2, -0.15) is 0 Å². The molecular formula is C16H9ClN2O4. The van der Waals surface area contributed by atoms with E-state index >= 15 is 0 Å². The smallest absolute Gasteiger partial charge is 0.271 e. The lowest BCUT2D eigenvalue weighted by Crippen LogP contribution is -1.99. The van der Waals surface area contributed by atoms with E-state index < -0.39 is 4.92 Å². The predicted molar refractivity (Wildman–Crippen MR) is 86.6 cm³/mol. The Kier molecular flexibility index (Phi) is 3.67. The van der Waals surface area contributed by atoms with Crippen molar-refractivity contribution in [1.82, 2.24) is 0 Å². The summed E-state index contributed by atoms with van der Waals surface area (Å²) in [5, 5.41) is 21.1. The number of benzene rings is 2. The van der Waals surface area contributed by atoms with Crippen molar-refractivity contribution in [3.63, 3.8) is 0 Å². The number of Topliss-reactive ketones (excluding diaryl/α,β-unsaturated/α-hetero) is 1. The van der Waals surface area contributed by atoms with Crippen molar-refractivity contribution in [1.29, 1.82) is 0 Å². The average Bonchev–Trinajstić information content (AvgIpc) is 2.78. The molecule has 0 spiro atoms. The molecule has 0 aromatic heterocycles. The van der Waals surface area contributed by atoms with E-state index in [1.165, 1.54) is 24.4 Å². The molecule has 3 rings (SSSR count). The van der Waals surface area contributed by atoms with Crippen LogP contribution in [-0.4, -0.2) is 22.0 Å². The van der Waals surface area contributed by atoms with Gasteiger partial charge in [-0.25, -0.2) is 0 Å². The number of non-ortho nitro benzene ring substituents is 1. The van der Waals surface area contributed by atoms with Crippen LogP contribution in [0.2, 0.25) is 5.02 Å². The lowest BCUT2D eigenvalue weighted by Gasteiger charge is -1.98. The molecule has 2 aromatic carbocycles. The van der Waals surface area contributed by atoms with Crippen molar-refractivity contribution in [3.05, 3.63) is 74.3 Å². The number of allylic oxidation sites excluding steroid dienone is 1. The van der Waals surface area contributed by atoms with E-state index in [-0.39, 0.29) is 33.5 Å². The molecular weight excluding hydrogens is 320 g/mol. The summed E-state index contributed by atoms with van der Waals surface area (Å²) in [5.41, 5.74) is 0.820. The molecule has 6 nitrogen and oxygen atoms in total. The SMILES string of the molecule is O=C1C(C=Nc2cc([N+](=O)[O-])ccc2Cl)=C(O)c2ccccc21. The number of halogens is 1. The molecule has 1 N–H and O–H groups in total. The van der Waals surface area contributed by atoms with Crippen molar-refractivity contribution in [2.45, 2.75) is 0 Å². The summed E-state index contributed by atoms with van der Waals surface area (Å²) in [6, 6.07) is 10.4. The van der Waals surface area contributed by atoms with Gasteiger partial charge in [0.25, 0.3) is 5.69 Å². The maximum Gasteiger partial charge on any atom is 0.271 e. The van der Waals surface area contributed by atoms with Gasteiger partial charge in [0, 0.05) is 29.5 Å². The average molecular weight is 329 g/mol. The monoisotopic (exact) mass is 328 g/mol. The minimum Gasteiger partial charge on any atom is -0.506 e. The number of nitro groups is 1. The molecule has 0 aliphatic heterocycles. The molecule has 0 radical (unpaired) electrons. The third-order valence-corrected chi connectivity index (χ3v) is 3.72. The zero-order chi connectivity index (χ0) is 16.6. The van der Waals surface area contributed by atoms with Crippen LogP contribution in [0.3, 0.4) is 0 Å². The zero-order valence-electron chi connectivity index (χ0n) is 11.6. The Hall–Kier alpha value is -2.99. The number of rotatable bonds is 3. The van der Waals surface area contributed by atoms with Gasteiger partial charge in [-0.3, -0.25) is 19.9 Å². The summed E-state index contributed by atoms with van der Waals surface area (Å²) in [7, 11) is 0. The number of carbonyl (C=O) groups is 1. The van der Waals surface area contributed by atoms with E-state index in [0.717, 1.165) is 0 Å². The Morgan fingerprint density at radius 3 is 2.52 bits per heavy atom. The molecule has 0 atom stereocenters. The number of aliphatic hydroxyl groups is 1. The number of aliphatic hydroxyl groups excluding tert-OH is 1. The minimum absolute atomic E-state index is 0.0220. The molecule has 1 aliphatic carbocycles. The second kappa shape index (κ2) is 5.66. The zero-order valence-corrected chi connectivity index (χ0v) is 12.3. The second-order valence-corrected chi connectivity index (χ2v) is 5.20. The molecule has 1 aliphatic rings. The van der Waals surface area contributed by atoms with Gasteiger partial charge in [-0.15, -0.1) is 0 Å². The van der Waals surface area contributed by atoms with Crippen LogP contribution in [0.15, 0.2) is 53.0 Å². The second-order valence-electron chi connectivity index (χ2n) is 4.79. The van der Waals surface area contributed by atoms with Crippen LogP contribution in [0.5, 0.6) is 0 Å². The van der Waals surface area contributed by atoms with Gasteiger partial charge in [-0.05, 0) is 6.07 Å². The number of hydrogen-bond acceptors (Lipinski definition) is 5. The van der Waals surface area contributed by atoms with Gasteiger partial charge in [-0.1, -0.05) is 35.9 Å². The van der Waals surface area contributed by atoms with E-state index in [4.69, 9.17) is 11.6 Å². The molecule has 0 fully saturated rings. The first-order valence-corrected chi connectivity index (χ1v) is 6.92. The number of hydrogen-bond donors (Lipinski definition) is 1. The van der Waals surface area contributed by atoms with E-state index in [2.05, 4.69) is 4.99 Å². The molecule has 114 valence electrons. The van der Waals surface area contributed by atoms with Crippen molar-refractivity contribution < 1.29 is 14.8 Å². The maximum absolute atomic E-state index is 12.2. The van der Waals surface area contributed by atoms with Crippen molar-refractivity contribution in [2.24, 2.45) is 4.99 Å². The summed E-state index contributed by atoms with van der Waals surface area (Å²) < 4.78 is 0. The van der Waals surface area contributed by atoms with Crippen LogP contribution in [0.25, 0.3) is 5.76 Å². The van der Waals surface area contributed by atoms with Crippen LogP contribution in [-0.2, 0) is 0 Å². The topological polar surface area (TPSA) is 92.8 Å². The normalized spacial score (nSPS) is 13.7. The highest BCUT2D eigenvalue weighted by molar-refractivity contribution is 6.34. The van der Waals surface area contributed by atoms with E-state index in [0.29, 0.717) is 11.1 Å². The summed E-state index contributed by atoms with van der Waals surface area (Å²) in [6.45, 7) is 0. The van der Waals surface area contributed by atoms with Crippen LogP contribution in [0.1, 0.15) is 15.9 Å². The Labute approximate surface area is 135 Å². The Morgan fingerprint density at radius 2 is 1.87 bits per heavy atom. The molecule has 0 saturated heterocycles. The highest BCUT2D eigenvalue weighted by atomic mass is 35.5. The third-order valence-electron chi connectivity index (χ3n) is 3.40. The largest absolute Gasteiger partial charge is 0.506 e.